The van der Waals surface area contributed by atoms with Crippen molar-refractivity contribution in [1.29, 1.82) is 0 Å². The Morgan fingerprint density at radius 1 is 1.38 bits per heavy atom. The van der Waals surface area contributed by atoms with E-state index in [1.54, 1.807) is 7.11 Å². The van der Waals surface area contributed by atoms with E-state index < -0.39 is 0 Å². The Bertz CT molecular complexity index is 730. The SMILES string of the molecule is COc1ccc2c(c1)[nH]c1nc(=S)[nH]nc12. The fraction of sp³-hybridized carbons (Fsp3) is 0.100. The van der Waals surface area contributed by atoms with E-state index in [9.17, 15) is 0 Å². The number of aromatic nitrogens is 4. The Morgan fingerprint density at radius 3 is 3.06 bits per heavy atom. The number of nitrogens with one attached hydrogen (secondary N) is 2. The number of fused-ring (bicyclic) bond motifs is 3. The van der Waals surface area contributed by atoms with Crippen molar-refractivity contribution < 1.29 is 4.74 Å². The summed E-state index contributed by atoms with van der Waals surface area (Å²) in [5, 5.41) is 7.84. The molecule has 0 saturated heterocycles. The lowest BCUT2D eigenvalue weighted by Gasteiger charge is -1.97. The van der Waals surface area contributed by atoms with E-state index in [2.05, 4.69) is 20.2 Å². The van der Waals surface area contributed by atoms with Gasteiger partial charge in [0.25, 0.3) is 0 Å². The van der Waals surface area contributed by atoms with Gasteiger partial charge in [0.1, 0.15) is 11.3 Å². The second kappa shape index (κ2) is 3.28. The van der Waals surface area contributed by atoms with E-state index in [4.69, 9.17) is 17.0 Å². The van der Waals surface area contributed by atoms with E-state index in [1.165, 1.54) is 0 Å². The average molecular weight is 232 g/mol. The molecule has 0 fully saturated rings. The third kappa shape index (κ3) is 1.27. The van der Waals surface area contributed by atoms with E-state index >= 15 is 0 Å². The van der Waals surface area contributed by atoms with Crippen LogP contribution in [-0.2, 0) is 0 Å². The molecule has 0 saturated carbocycles. The highest BCUT2D eigenvalue weighted by Gasteiger charge is 2.07. The van der Waals surface area contributed by atoms with Gasteiger partial charge in [-0.15, -0.1) is 0 Å². The van der Waals surface area contributed by atoms with Crippen LogP contribution in [0.3, 0.4) is 0 Å². The van der Waals surface area contributed by atoms with Gasteiger partial charge in [-0.1, -0.05) is 0 Å². The first kappa shape index (κ1) is 9.29. The summed E-state index contributed by atoms with van der Waals surface area (Å²) in [6.45, 7) is 0. The largest absolute Gasteiger partial charge is 0.497 e. The number of methoxy groups -OCH3 is 1. The number of ether oxygens (including phenoxy) is 1. The molecule has 0 aliphatic heterocycles. The van der Waals surface area contributed by atoms with Crippen molar-refractivity contribution in [2.75, 3.05) is 7.11 Å². The number of rotatable bonds is 1. The molecular formula is C10H8N4OS. The number of nitrogens with zero attached hydrogens (tertiary/aromatic N) is 2. The summed E-state index contributed by atoms with van der Waals surface area (Å²) in [6, 6.07) is 5.74. The highest BCUT2D eigenvalue weighted by Crippen LogP contribution is 2.25. The molecule has 0 atom stereocenters. The highest BCUT2D eigenvalue weighted by molar-refractivity contribution is 7.71. The van der Waals surface area contributed by atoms with Crippen LogP contribution in [0.1, 0.15) is 0 Å². The molecule has 0 radical (unpaired) electrons. The van der Waals surface area contributed by atoms with Crippen LogP contribution >= 0.6 is 12.2 Å². The molecule has 1 aromatic carbocycles. The molecule has 0 amide bonds. The van der Waals surface area contributed by atoms with Crippen molar-refractivity contribution in [1.82, 2.24) is 20.2 Å². The van der Waals surface area contributed by atoms with Crippen LogP contribution in [0, 0.1) is 4.77 Å². The first-order valence-corrected chi connectivity index (χ1v) is 5.11. The Labute approximate surface area is 95.5 Å². The second-order valence-electron chi connectivity index (χ2n) is 3.37. The van der Waals surface area contributed by atoms with Crippen LogP contribution in [0.5, 0.6) is 5.75 Å². The summed E-state index contributed by atoms with van der Waals surface area (Å²) in [7, 11) is 1.63. The van der Waals surface area contributed by atoms with E-state index in [0.717, 1.165) is 22.2 Å². The molecule has 0 bridgehead atoms. The summed E-state index contributed by atoms with van der Waals surface area (Å²) >= 11 is 4.92. The minimum Gasteiger partial charge on any atom is -0.497 e. The maximum atomic E-state index is 5.15. The summed E-state index contributed by atoms with van der Waals surface area (Å²) in [4.78, 5) is 7.32. The third-order valence-corrected chi connectivity index (χ3v) is 2.62. The fourth-order valence-electron chi connectivity index (χ4n) is 1.70. The monoisotopic (exact) mass is 232 g/mol. The van der Waals surface area contributed by atoms with Gasteiger partial charge in [0.2, 0.25) is 4.77 Å². The molecule has 2 N–H and O–H groups in total. The zero-order valence-electron chi connectivity index (χ0n) is 8.44. The molecular weight excluding hydrogens is 224 g/mol. The summed E-state index contributed by atoms with van der Waals surface area (Å²) in [5.74, 6) is 0.793. The van der Waals surface area contributed by atoms with Crippen LogP contribution in [0.25, 0.3) is 22.1 Å². The predicted octanol–water partition coefficient (Wildman–Crippen LogP) is 2.18. The Hall–Kier alpha value is -1.95. The molecule has 16 heavy (non-hydrogen) atoms. The molecule has 6 heteroatoms. The molecule has 0 unspecified atom stereocenters. The third-order valence-electron chi connectivity index (χ3n) is 2.44. The van der Waals surface area contributed by atoms with Crippen molar-refractivity contribution in [2.45, 2.75) is 0 Å². The quantitative estimate of drug-likeness (QED) is 0.631. The van der Waals surface area contributed by atoms with Gasteiger partial charge in [-0.05, 0) is 24.4 Å². The van der Waals surface area contributed by atoms with Crippen LogP contribution in [0.15, 0.2) is 18.2 Å². The standard InChI is InChI=1S/C10H8N4OS/c1-15-5-2-3-6-7(4-5)11-9-8(6)13-14-10(16)12-9/h2-4H,1H3,(H2,11,12,14,16). The molecule has 2 heterocycles. The molecule has 2 aromatic heterocycles. The summed E-state index contributed by atoms with van der Waals surface area (Å²) in [6.07, 6.45) is 0. The van der Waals surface area contributed by atoms with Crippen LogP contribution < -0.4 is 4.74 Å². The molecule has 5 nitrogen and oxygen atoms in total. The number of hydrogen-bond donors (Lipinski definition) is 2. The minimum absolute atomic E-state index is 0.367. The predicted molar refractivity (Wildman–Crippen MR) is 63.1 cm³/mol. The summed E-state index contributed by atoms with van der Waals surface area (Å²) in [5.41, 5.74) is 2.40. The van der Waals surface area contributed by atoms with Crippen molar-refractivity contribution >= 4 is 34.3 Å². The molecule has 3 rings (SSSR count). The minimum atomic E-state index is 0.367. The first-order valence-electron chi connectivity index (χ1n) is 4.70. The average Bonchev–Trinajstić information content (AvgIpc) is 2.64. The van der Waals surface area contributed by atoms with Gasteiger partial charge >= 0.3 is 0 Å². The van der Waals surface area contributed by atoms with Gasteiger partial charge in [-0.2, -0.15) is 10.1 Å². The highest BCUT2D eigenvalue weighted by atomic mass is 32.1. The van der Waals surface area contributed by atoms with Crippen molar-refractivity contribution in [2.24, 2.45) is 0 Å². The van der Waals surface area contributed by atoms with Crippen LogP contribution in [-0.4, -0.2) is 27.3 Å². The molecule has 0 aliphatic rings. The van der Waals surface area contributed by atoms with Crippen LogP contribution in [0.2, 0.25) is 0 Å². The Morgan fingerprint density at radius 2 is 2.25 bits per heavy atom. The van der Waals surface area contributed by atoms with Gasteiger partial charge in [0.05, 0.1) is 12.6 Å². The van der Waals surface area contributed by atoms with Crippen molar-refractivity contribution in [3.05, 3.63) is 23.0 Å². The van der Waals surface area contributed by atoms with Gasteiger partial charge in [0, 0.05) is 11.5 Å². The van der Waals surface area contributed by atoms with E-state index in [0.29, 0.717) is 10.4 Å². The lowest BCUT2D eigenvalue weighted by Crippen LogP contribution is -1.86. The Balaban J connectivity index is 2.45. The van der Waals surface area contributed by atoms with E-state index in [1.807, 2.05) is 18.2 Å². The summed E-state index contributed by atoms with van der Waals surface area (Å²) < 4.78 is 5.52. The number of hydrogen-bond acceptors (Lipinski definition) is 4. The van der Waals surface area contributed by atoms with Gasteiger partial charge in [-0.3, -0.25) is 5.10 Å². The van der Waals surface area contributed by atoms with E-state index in [-0.39, 0.29) is 0 Å². The first-order chi connectivity index (χ1) is 7.78. The lowest BCUT2D eigenvalue weighted by molar-refractivity contribution is 0.415. The molecule has 0 spiro atoms. The lowest BCUT2D eigenvalue weighted by atomic mass is 10.2. The Kier molecular flexibility index (Phi) is 1.90. The maximum absolute atomic E-state index is 5.15. The van der Waals surface area contributed by atoms with Crippen molar-refractivity contribution in [3.63, 3.8) is 0 Å². The second-order valence-corrected chi connectivity index (χ2v) is 3.76. The van der Waals surface area contributed by atoms with Gasteiger partial charge in [0.15, 0.2) is 5.65 Å². The maximum Gasteiger partial charge on any atom is 0.215 e. The smallest absolute Gasteiger partial charge is 0.215 e. The van der Waals surface area contributed by atoms with Gasteiger partial charge in [-0.25, -0.2) is 0 Å². The number of aromatic amines is 2. The molecule has 80 valence electrons. The number of benzene rings is 1. The topological polar surface area (TPSA) is 66.6 Å². The van der Waals surface area contributed by atoms with Gasteiger partial charge < -0.3 is 9.72 Å². The zero-order valence-corrected chi connectivity index (χ0v) is 9.26. The van der Waals surface area contributed by atoms with Crippen molar-refractivity contribution in [3.8, 4) is 5.75 Å². The fourth-order valence-corrected chi connectivity index (χ4v) is 1.84. The zero-order chi connectivity index (χ0) is 11.1. The molecule has 3 aromatic rings. The number of H-pyrrole nitrogens is 2. The molecule has 0 aliphatic carbocycles. The normalized spacial score (nSPS) is 11.1. The van der Waals surface area contributed by atoms with Crippen LogP contribution in [0.4, 0.5) is 0 Å².